The van der Waals surface area contributed by atoms with Gasteiger partial charge in [0.05, 0.1) is 0 Å². The van der Waals surface area contributed by atoms with E-state index in [1.165, 1.54) is 0 Å². The highest BCUT2D eigenvalue weighted by molar-refractivity contribution is 9.10. The van der Waals surface area contributed by atoms with E-state index in [1.54, 1.807) is 7.05 Å². The Balaban J connectivity index is 2.51. The van der Waals surface area contributed by atoms with Crippen molar-refractivity contribution in [2.45, 2.75) is 13.3 Å². The molecule has 0 aliphatic rings. The molecular weight excluding hydrogens is 256 g/mol. The summed E-state index contributed by atoms with van der Waals surface area (Å²) in [7, 11) is 1.65. The SMILES string of the molecule is CNC(=O)CCNc1cccc(Br)c1C. The van der Waals surface area contributed by atoms with E-state index >= 15 is 0 Å². The Labute approximate surface area is 98.4 Å². The van der Waals surface area contributed by atoms with E-state index in [4.69, 9.17) is 0 Å². The number of carbonyl (C=O) groups excluding carboxylic acids is 1. The number of carbonyl (C=O) groups is 1. The number of halogens is 1. The van der Waals surface area contributed by atoms with Gasteiger partial charge >= 0.3 is 0 Å². The van der Waals surface area contributed by atoms with Gasteiger partial charge in [-0.15, -0.1) is 0 Å². The van der Waals surface area contributed by atoms with Gasteiger partial charge in [-0.1, -0.05) is 22.0 Å². The molecule has 0 radical (unpaired) electrons. The van der Waals surface area contributed by atoms with Crippen LogP contribution in [-0.2, 0) is 4.79 Å². The van der Waals surface area contributed by atoms with Crippen LogP contribution in [0.3, 0.4) is 0 Å². The summed E-state index contributed by atoms with van der Waals surface area (Å²) in [5.41, 5.74) is 2.22. The number of amides is 1. The summed E-state index contributed by atoms with van der Waals surface area (Å²) in [6.45, 7) is 2.68. The molecule has 0 unspecified atom stereocenters. The minimum atomic E-state index is 0.0511. The first kappa shape index (κ1) is 12.0. The number of anilines is 1. The average molecular weight is 271 g/mol. The zero-order chi connectivity index (χ0) is 11.3. The van der Waals surface area contributed by atoms with Crippen LogP contribution in [0.25, 0.3) is 0 Å². The monoisotopic (exact) mass is 270 g/mol. The van der Waals surface area contributed by atoms with Crippen LogP contribution in [0.5, 0.6) is 0 Å². The molecule has 2 N–H and O–H groups in total. The third-order valence-electron chi connectivity index (χ3n) is 2.21. The smallest absolute Gasteiger partial charge is 0.221 e. The van der Waals surface area contributed by atoms with Gasteiger partial charge in [-0.2, -0.15) is 0 Å². The van der Waals surface area contributed by atoms with Crippen molar-refractivity contribution in [3.8, 4) is 0 Å². The molecule has 0 aliphatic carbocycles. The average Bonchev–Trinajstić information content (AvgIpc) is 2.24. The van der Waals surface area contributed by atoms with Crippen molar-refractivity contribution in [1.82, 2.24) is 5.32 Å². The number of nitrogens with one attached hydrogen (secondary N) is 2. The zero-order valence-corrected chi connectivity index (χ0v) is 10.5. The minimum absolute atomic E-state index is 0.0511. The van der Waals surface area contributed by atoms with Crippen LogP contribution in [0, 0.1) is 6.92 Å². The highest BCUT2D eigenvalue weighted by Gasteiger charge is 2.02. The van der Waals surface area contributed by atoms with Gasteiger partial charge in [0.2, 0.25) is 5.91 Å². The second kappa shape index (κ2) is 5.75. The molecule has 0 fully saturated rings. The highest BCUT2D eigenvalue weighted by atomic mass is 79.9. The van der Waals surface area contributed by atoms with E-state index in [2.05, 4.69) is 26.6 Å². The molecule has 0 aliphatic heterocycles. The summed E-state index contributed by atoms with van der Waals surface area (Å²) in [4.78, 5) is 11.0. The summed E-state index contributed by atoms with van der Waals surface area (Å²) in [6, 6.07) is 5.97. The lowest BCUT2D eigenvalue weighted by molar-refractivity contribution is -0.120. The lowest BCUT2D eigenvalue weighted by Crippen LogP contribution is -2.20. The molecule has 3 nitrogen and oxygen atoms in total. The number of rotatable bonds is 4. The van der Waals surface area contributed by atoms with E-state index in [-0.39, 0.29) is 5.91 Å². The van der Waals surface area contributed by atoms with Crippen molar-refractivity contribution >= 4 is 27.5 Å². The predicted octanol–water partition coefficient (Wildman–Crippen LogP) is 2.31. The van der Waals surface area contributed by atoms with Crippen LogP contribution < -0.4 is 10.6 Å². The Bertz CT molecular complexity index is 352. The standard InChI is InChI=1S/C11H15BrN2O/c1-8-9(12)4-3-5-10(8)14-7-6-11(15)13-2/h3-5,14H,6-7H2,1-2H3,(H,13,15). The molecule has 0 saturated carbocycles. The molecule has 0 spiro atoms. The Morgan fingerprint density at radius 3 is 2.87 bits per heavy atom. The maximum Gasteiger partial charge on any atom is 0.221 e. The van der Waals surface area contributed by atoms with Crippen LogP contribution in [0.15, 0.2) is 22.7 Å². The molecule has 0 atom stereocenters. The van der Waals surface area contributed by atoms with Gasteiger partial charge in [-0.25, -0.2) is 0 Å². The van der Waals surface area contributed by atoms with E-state index in [1.807, 2.05) is 25.1 Å². The maximum absolute atomic E-state index is 11.0. The van der Waals surface area contributed by atoms with E-state index in [9.17, 15) is 4.79 Å². The molecular formula is C11H15BrN2O. The fourth-order valence-electron chi connectivity index (χ4n) is 1.23. The van der Waals surface area contributed by atoms with Crippen LogP contribution in [0.1, 0.15) is 12.0 Å². The Kier molecular flexibility index (Phi) is 4.62. The second-order valence-electron chi connectivity index (χ2n) is 3.26. The molecule has 0 bridgehead atoms. The highest BCUT2D eigenvalue weighted by Crippen LogP contribution is 2.23. The molecule has 1 amide bonds. The molecule has 1 aromatic carbocycles. The van der Waals surface area contributed by atoms with Crippen molar-refractivity contribution in [2.24, 2.45) is 0 Å². The number of hydrogen-bond donors (Lipinski definition) is 2. The molecule has 1 aromatic rings. The summed E-state index contributed by atoms with van der Waals surface area (Å²) in [5, 5.41) is 5.82. The van der Waals surface area contributed by atoms with Gasteiger partial charge in [-0.3, -0.25) is 4.79 Å². The second-order valence-corrected chi connectivity index (χ2v) is 4.12. The summed E-state index contributed by atoms with van der Waals surface area (Å²) in [5.74, 6) is 0.0511. The topological polar surface area (TPSA) is 41.1 Å². The predicted molar refractivity (Wildman–Crippen MR) is 66.1 cm³/mol. The number of benzene rings is 1. The van der Waals surface area contributed by atoms with Crippen molar-refractivity contribution < 1.29 is 4.79 Å². The third-order valence-corrected chi connectivity index (χ3v) is 3.07. The molecule has 4 heteroatoms. The zero-order valence-electron chi connectivity index (χ0n) is 8.93. The Morgan fingerprint density at radius 2 is 2.20 bits per heavy atom. The number of hydrogen-bond acceptors (Lipinski definition) is 2. The summed E-state index contributed by atoms with van der Waals surface area (Å²) in [6.07, 6.45) is 0.489. The lowest BCUT2D eigenvalue weighted by Gasteiger charge is -2.09. The molecule has 15 heavy (non-hydrogen) atoms. The van der Waals surface area contributed by atoms with E-state index in [0.717, 1.165) is 15.7 Å². The minimum Gasteiger partial charge on any atom is -0.384 e. The van der Waals surface area contributed by atoms with Gasteiger partial charge in [0.1, 0.15) is 0 Å². The van der Waals surface area contributed by atoms with Gasteiger partial charge in [0.25, 0.3) is 0 Å². The van der Waals surface area contributed by atoms with Crippen LogP contribution in [-0.4, -0.2) is 19.5 Å². The van der Waals surface area contributed by atoms with Gasteiger partial charge in [-0.05, 0) is 24.6 Å². The van der Waals surface area contributed by atoms with Gasteiger partial charge in [0.15, 0.2) is 0 Å². The first-order valence-electron chi connectivity index (χ1n) is 4.84. The molecule has 0 saturated heterocycles. The fourth-order valence-corrected chi connectivity index (χ4v) is 1.60. The largest absolute Gasteiger partial charge is 0.384 e. The van der Waals surface area contributed by atoms with Crippen molar-refractivity contribution in [1.29, 1.82) is 0 Å². The van der Waals surface area contributed by atoms with Crippen molar-refractivity contribution in [3.63, 3.8) is 0 Å². The van der Waals surface area contributed by atoms with Crippen LogP contribution >= 0.6 is 15.9 Å². The summed E-state index contributed by atoms with van der Waals surface area (Å²) < 4.78 is 1.08. The molecule has 82 valence electrons. The third kappa shape index (κ3) is 3.55. The first-order chi connectivity index (χ1) is 7.15. The summed E-state index contributed by atoms with van der Waals surface area (Å²) >= 11 is 3.46. The molecule has 1 rings (SSSR count). The Hall–Kier alpha value is -1.03. The normalized spacial score (nSPS) is 9.80. The van der Waals surface area contributed by atoms with Crippen LogP contribution in [0.2, 0.25) is 0 Å². The fraction of sp³-hybridized carbons (Fsp3) is 0.364. The molecule has 0 heterocycles. The maximum atomic E-state index is 11.0. The van der Waals surface area contributed by atoms with E-state index < -0.39 is 0 Å². The quantitative estimate of drug-likeness (QED) is 0.882. The van der Waals surface area contributed by atoms with Gasteiger partial charge < -0.3 is 10.6 Å². The van der Waals surface area contributed by atoms with Crippen molar-refractivity contribution in [3.05, 3.63) is 28.2 Å². The lowest BCUT2D eigenvalue weighted by atomic mass is 10.2. The van der Waals surface area contributed by atoms with E-state index in [0.29, 0.717) is 13.0 Å². The molecule has 0 aromatic heterocycles. The van der Waals surface area contributed by atoms with Crippen molar-refractivity contribution in [2.75, 3.05) is 18.9 Å². The van der Waals surface area contributed by atoms with Crippen LogP contribution in [0.4, 0.5) is 5.69 Å². The first-order valence-corrected chi connectivity index (χ1v) is 5.64. The Morgan fingerprint density at radius 1 is 1.47 bits per heavy atom. The van der Waals surface area contributed by atoms with Gasteiger partial charge in [0, 0.05) is 30.2 Å².